The van der Waals surface area contributed by atoms with Crippen molar-refractivity contribution in [3.63, 3.8) is 0 Å². The van der Waals surface area contributed by atoms with Crippen molar-refractivity contribution < 1.29 is 4.79 Å². The molecule has 0 radical (unpaired) electrons. The van der Waals surface area contributed by atoms with Gasteiger partial charge in [-0.25, -0.2) is 0 Å². The molecular formula is C18H13ClN2OS. The Morgan fingerprint density at radius 1 is 1.00 bits per heavy atom. The van der Waals surface area contributed by atoms with Crippen LogP contribution in [-0.2, 0) is 0 Å². The fourth-order valence-electron chi connectivity index (χ4n) is 2.80. The highest BCUT2D eigenvalue weighted by atomic mass is 35.5. The zero-order chi connectivity index (χ0) is 15.8. The lowest BCUT2D eigenvalue weighted by Crippen LogP contribution is -2.43. The second-order valence-corrected chi connectivity index (χ2v) is 6.62. The third-order valence-corrected chi connectivity index (χ3v) is 5.10. The molecule has 1 atom stereocenters. The number of hydrogen-bond donors (Lipinski definition) is 1. The molecule has 4 rings (SSSR count). The number of halogens is 1. The number of thiophene rings is 1. The Labute approximate surface area is 143 Å². The predicted octanol–water partition coefficient (Wildman–Crippen LogP) is 5.17. The van der Waals surface area contributed by atoms with Crippen LogP contribution in [0.5, 0.6) is 0 Å². The molecule has 1 aliphatic rings. The summed E-state index contributed by atoms with van der Waals surface area (Å²) in [7, 11) is 0. The number of amides is 1. The minimum atomic E-state index is -0.266. The second kappa shape index (κ2) is 5.72. The Kier molecular flexibility index (Phi) is 3.56. The first-order valence-electron chi connectivity index (χ1n) is 7.23. The minimum absolute atomic E-state index is 0.0501. The highest BCUT2D eigenvalue weighted by Crippen LogP contribution is 2.40. The summed E-state index contributed by atoms with van der Waals surface area (Å²) in [5.74, 6) is -0.0501. The Bertz CT molecular complexity index is 863. The molecule has 3 nitrogen and oxygen atoms in total. The molecule has 2 heterocycles. The quantitative estimate of drug-likeness (QED) is 0.697. The van der Waals surface area contributed by atoms with E-state index in [1.165, 1.54) is 0 Å². The molecule has 0 saturated heterocycles. The van der Waals surface area contributed by atoms with E-state index in [2.05, 4.69) is 5.32 Å². The van der Waals surface area contributed by atoms with Gasteiger partial charge in [0.15, 0.2) is 0 Å². The van der Waals surface area contributed by atoms with Crippen molar-refractivity contribution in [2.24, 2.45) is 0 Å². The van der Waals surface area contributed by atoms with Gasteiger partial charge in [-0.1, -0.05) is 41.9 Å². The minimum Gasteiger partial charge on any atom is -0.360 e. The average Bonchev–Trinajstić information content (AvgIpc) is 3.10. The highest BCUT2D eigenvalue weighted by molar-refractivity contribution is 7.10. The summed E-state index contributed by atoms with van der Waals surface area (Å²) in [6.45, 7) is 0. The molecule has 0 fully saturated rings. The second-order valence-electron chi connectivity index (χ2n) is 5.23. The van der Waals surface area contributed by atoms with E-state index in [4.69, 9.17) is 11.6 Å². The van der Waals surface area contributed by atoms with Crippen LogP contribution >= 0.6 is 22.9 Å². The summed E-state index contributed by atoms with van der Waals surface area (Å²) in [4.78, 5) is 15.9. The largest absolute Gasteiger partial charge is 0.360 e. The fraction of sp³-hybridized carbons (Fsp3) is 0.0556. The normalized spacial score (nSPS) is 16.8. The lowest BCUT2D eigenvalue weighted by Gasteiger charge is -2.37. The smallest absolute Gasteiger partial charge is 0.262 e. The van der Waals surface area contributed by atoms with Gasteiger partial charge in [-0.05, 0) is 35.7 Å². The molecule has 23 heavy (non-hydrogen) atoms. The third-order valence-electron chi connectivity index (χ3n) is 3.85. The van der Waals surface area contributed by atoms with E-state index in [1.807, 2.05) is 60.0 Å². The number of carbonyl (C=O) groups is 1. The Balaban J connectivity index is 1.90. The van der Waals surface area contributed by atoms with E-state index in [0.29, 0.717) is 16.3 Å². The van der Waals surface area contributed by atoms with Crippen molar-refractivity contribution in [2.75, 3.05) is 10.2 Å². The lowest BCUT2D eigenvalue weighted by molar-refractivity contribution is 0.0975. The first kappa shape index (κ1) is 14.3. The molecule has 1 aromatic heterocycles. The van der Waals surface area contributed by atoms with Crippen LogP contribution in [0.15, 0.2) is 66.0 Å². The van der Waals surface area contributed by atoms with Gasteiger partial charge in [0, 0.05) is 10.6 Å². The Morgan fingerprint density at radius 3 is 2.57 bits per heavy atom. The van der Waals surface area contributed by atoms with Gasteiger partial charge in [0.2, 0.25) is 0 Å². The molecule has 0 saturated carbocycles. The first-order chi connectivity index (χ1) is 11.3. The number of rotatable bonds is 2. The van der Waals surface area contributed by atoms with Crippen LogP contribution in [0.25, 0.3) is 0 Å². The summed E-state index contributed by atoms with van der Waals surface area (Å²) < 4.78 is 0. The molecule has 1 amide bonds. The molecule has 0 aliphatic carbocycles. The number of benzene rings is 2. The number of nitrogens with one attached hydrogen (secondary N) is 1. The van der Waals surface area contributed by atoms with Gasteiger partial charge >= 0.3 is 0 Å². The van der Waals surface area contributed by atoms with Gasteiger partial charge in [0.25, 0.3) is 5.91 Å². The van der Waals surface area contributed by atoms with Gasteiger partial charge in [-0.15, -0.1) is 11.3 Å². The van der Waals surface area contributed by atoms with Crippen LogP contribution in [0.4, 0.5) is 11.4 Å². The van der Waals surface area contributed by atoms with E-state index < -0.39 is 0 Å². The van der Waals surface area contributed by atoms with Crippen LogP contribution in [0.3, 0.4) is 0 Å². The maximum atomic E-state index is 13.1. The van der Waals surface area contributed by atoms with E-state index in [9.17, 15) is 4.79 Å². The van der Waals surface area contributed by atoms with Gasteiger partial charge in [-0.2, -0.15) is 0 Å². The van der Waals surface area contributed by atoms with Crippen molar-refractivity contribution in [2.45, 2.75) is 6.17 Å². The van der Waals surface area contributed by atoms with Crippen molar-refractivity contribution in [3.8, 4) is 0 Å². The molecular weight excluding hydrogens is 328 g/mol. The average molecular weight is 341 g/mol. The molecule has 114 valence electrons. The van der Waals surface area contributed by atoms with Crippen LogP contribution in [0.2, 0.25) is 5.02 Å². The zero-order valence-electron chi connectivity index (χ0n) is 12.1. The summed E-state index contributed by atoms with van der Waals surface area (Å²) in [6, 6.07) is 19.0. The molecule has 1 aliphatic heterocycles. The van der Waals surface area contributed by atoms with Gasteiger partial charge in [0.05, 0.1) is 16.3 Å². The van der Waals surface area contributed by atoms with E-state index in [0.717, 1.165) is 10.6 Å². The maximum absolute atomic E-state index is 13.1. The topological polar surface area (TPSA) is 32.3 Å². The molecule has 0 unspecified atom stereocenters. The molecule has 0 bridgehead atoms. The maximum Gasteiger partial charge on any atom is 0.262 e. The van der Waals surface area contributed by atoms with E-state index >= 15 is 0 Å². The molecule has 2 aromatic carbocycles. The predicted molar refractivity (Wildman–Crippen MR) is 95.4 cm³/mol. The summed E-state index contributed by atoms with van der Waals surface area (Å²) in [6.07, 6.45) is -0.266. The molecule has 5 heteroatoms. The van der Waals surface area contributed by atoms with Crippen molar-refractivity contribution in [3.05, 3.63) is 81.5 Å². The summed E-state index contributed by atoms with van der Waals surface area (Å²) in [5.41, 5.74) is 2.21. The van der Waals surface area contributed by atoms with Gasteiger partial charge in [-0.3, -0.25) is 9.69 Å². The van der Waals surface area contributed by atoms with Crippen molar-refractivity contribution in [1.82, 2.24) is 0 Å². The van der Waals surface area contributed by atoms with E-state index in [-0.39, 0.29) is 12.1 Å². The zero-order valence-corrected chi connectivity index (χ0v) is 13.6. The summed E-state index contributed by atoms with van der Waals surface area (Å²) in [5, 5.41) is 6.03. The number of hydrogen-bond acceptors (Lipinski definition) is 3. The monoisotopic (exact) mass is 340 g/mol. The standard InChI is InChI=1S/C18H13ClN2OS/c19-13-7-2-4-9-15(13)21-17(16-10-5-11-23-16)20-14-8-3-1-6-12(14)18(21)22/h1-11,17,20H/t17-/m0/s1. The van der Waals surface area contributed by atoms with Crippen LogP contribution in [0.1, 0.15) is 21.4 Å². The molecule has 1 N–H and O–H groups in total. The highest BCUT2D eigenvalue weighted by Gasteiger charge is 2.35. The lowest BCUT2D eigenvalue weighted by atomic mass is 10.1. The third kappa shape index (κ3) is 2.40. The summed E-state index contributed by atoms with van der Waals surface area (Å²) >= 11 is 7.97. The van der Waals surface area contributed by atoms with Crippen LogP contribution in [-0.4, -0.2) is 5.91 Å². The Hall–Kier alpha value is -2.30. The van der Waals surface area contributed by atoms with Gasteiger partial charge < -0.3 is 5.32 Å². The number of carbonyl (C=O) groups excluding carboxylic acids is 1. The molecule has 3 aromatic rings. The van der Waals surface area contributed by atoms with Crippen LogP contribution < -0.4 is 10.2 Å². The Morgan fingerprint density at radius 2 is 1.78 bits per heavy atom. The number of para-hydroxylation sites is 2. The van der Waals surface area contributed by atoms with E-state index in [1.54, 1.807) is 22.3 Å². The van der Waals surface area contributed by atoms with Crippen LogP contribution in [0, 0.1) is 0 Å². The van der Waals surface area contributed by atoms with Crippen molar-refractivity contribution >= 4 is 40.2 Å². The number of nitrogens with zero attached hydrogens (tertiary/aromatic N) is 1. The number of fused-ring (bicyclic) bond motifs is 1. The number of anilines is 2. The fourth-order valence-corrected chi connectivity index (χ4v) is 3.79. The SMILES string of the molecule is O=C1c2ccccc2N[C@H](c2cccs2)N1c1ccccc1Cl. The van der Waals surface area contributed by atoms with Gasteiger partial charge in [0.1, 0.15) is 6.17 Å². The first-order valence-corrected chi connectivity index (χ1v) is 8.48. The molecule has 0 spiro atoms. The van der Waals surface area contributed by atoms with Crippen molar-refractivity contribution in [1.29, 1.82) is 0 Å².